The number of halogens is 1. The largest absolute Gasteiger partial charge is 0.288 e. The van der Waals surface area contributed by atoms with Gasteiger partial charge in [-0.1, -0.05) is 11.8 Å². The van der Waals surface area contributed by atoms with Gasteiger partial charge in [0.15, 0.2) is 0 Å². The van der Waals surface area contributed by atoms with Crippen molar-refractivity contribution in [3.05, 3.63) is 70.5 Å². The van der Waals surface area contributed by atoms with Crippen LogP contribution in [0.15, 0.2) is 42.5 Å². The van der Waals surface area contributed by atoms with Gasteiger partial charge in [0.05, 0.1) is 11.1 Å². The van der Waals surface area contributed by atoms with Gasteiger partial charge in [0, 0.05) is 11.1 Å². The molecule has 20 heavy (non-hydrogen) atoms. The standard InChI is InChI=1S/C16H8FNO2/c17-12-6-3-10(4-7-12)1-2-11-5-8-13-14(9-11)16(20)18-15(13)19/h3-9H,(H,18,19,20). The van der Waals surface area contributed by atoms with Gasteiger partial charge in [0.2, 0.25) is 0 Å². The zero-order chi connectivity index (χ0) is 14.1. The van der Waals surface area contributed by atoms with Gasteiger partial charge in [0.25, 0.3) is 11.8 Å². The van der Waals surface area contributed by atoms with Gasteiger partial charge in [-0.3, -0.25) is 14.9 Å². The molecule has 1 heterocycles. The van der Waals surface area contributed by atoms with Crippen molar-refractivity contribution in [1.82, 2.24) is 5.32 Å². The second-order valence-electron chi connectivity index (χ2n) is 4.30. The van der Waals surface area contributed by atoms with Gasteiger partial charge in [-0.25, -0.2) is 4.39 Å². The Morgan fingerprint density at radius 3 is 2.15 bits per heavy atom. The van der Waals surface area contributed by atoms with E-state index in [1.54, 1.807) is 30.3 Å². The minimum atomic E-state index is -0.407. The fraction of sp³-hybridized carbons (Fsp3) is 0. The third kappa shape index (κ3) is 2.17. The summed E-state index contributed by atoms with van der Waals surface area (Å²) < 4.78 is 12.8. The maximum Gasteiger partial charge on any atom is 0.258 e. The predicted molar refractivity (Wildman–Crippen MR) is 70.6 cm³/mol. The quantitative estimate of drug-likeness (QED) is 0.585. The lowest BCUT2D eigenvalue weighted by Gasteiger charge is -1.95. The molecule has 3 rings (SSSR count). The van der Waals surface area contributed by atoms with Crippen LogP contribution in [0.4, 0.5) is 4.39 Å². The summed E-state index contributed by atoms with van der Waals surface area (Å²) in [6, 6.07) is 10.6. The molecule has 2 aromatic carbocycles. The molecule has 1 aliphatic rings. The van der Waals surface area contributed by atoms with Crippen LogP contribution in [0.1, 0.15) is 31.8 Å². The van der Waals surface area contributed by atoms with Crippen LogP contribution in [0.25, 0.3) is 0 Å². The predicted octanol–water partition coefficient (Wildman–Crippen LogP) is 2.11. The van der Waals surface area contributed by atoms with Crippen LogP contribution in [0.3, 0.4) is 0 Å². The van der Waals surface area contributed by atoms with E-state index < -0.39 is 5.91 Å². The van der Waals surface area contributed by atoms with E-state index in [1.165, 1.54) is 12.1 Å². The Morgan fingerprint density at radius 1 is 0.800 bits per heavy atom. The maximum absolute atomic E-state index is 12.8. The van der Waals surface area contributed by atoms with E-state index in [4.69, 9.17) is 0 Å². The van der Waals surface area contributed by atoms with Crippen molar-refractivity contribution in [2.45, 2.75) is 0 Å². The van der Waals surface area contributed by atoms with Gasteiger partial charge in [-0.2, -0.15) is 0 Å². The van der Waals surface area contributed by atoms with Crippen molar-refractivity contribution in [3.8, 4) is 11.8 Å². The van der Waals surface area contributed by atoms with E-state index in [-0.39, 0.29) is 11.7 Å². The van der Waals surface area contributed by atoms with Crippen molar-refractivity contribution in [1.29, 1.82) is 0 Å². The molecule has 96 valence electrons. The Hall–Kier alpha value is -2.93. The molecular weight excluding hydrogens is 257 g/mol. The lowest BCUT2D eigenvalue weighted by molar-refractivity contribution is 0.0879. The number of imide groups is 1. The van der Waals surface area contributed by atoms with Crippen molar-refractivity contribution < 1.29 is 14.0 Å². The summed E-state index contributed by atoms with van der Waals surface area (Å²) in [6.07, 6.45) is 0. The summed E-state index contributed by atoms with van der Waals surface area (Å²) in [4.78, 5) is 22.9. The Morgan fingerprint density at radius 2 is 1.40 bits per heavy atom. The zero-order valence-corrected chi connectivity index (χ0v) is 10.2. The third-order valence-corrected chi connectivity index (χ3v) is 2.93. The van der Waals surface area contributed by atoms with Crippen molar-refractivity contribution >= 4 is 11.8 Å². The Labute approximate surface area is 114 Å². The van der Waals surface area contributed by atoms with E-state index in [2.05, 4.69) is 17.2 Å². The number of benzene rings is 2. The third-order valence-electron chi connectivity index (χ3n) is 2.93. The SMILES string of the molecule is O=C1NC(=O)c2cc(C#Cc3ccc(F)cc3)ccc21. The molecule has 0 saturated carbocycles. The summed E-state index contributed by atoms with van der Waals surface area (Å²) in [5, 5.41) is 2.22. The number of amides is 2. The molecule has 1 N–H and O–H groups in total. The average Bonchev–Trinajstić information content (AvgIpc) is 2.73. The van der Waals surface area contributed by atoms with Gasteiger partial charge in [0.1, 0.15) is 5.82 Å². The Kier molecular flexibility index (Phi) is 2.81. The molecule has 0 atom stereocenters. The first-order chi connectivity index (χ1) is 9.63. The average molecular weight is 265 g/mol. The first-order valence-electron chi connectivity index (χ1n) is 5.91. The first kappa shape index (κ1) is 12.1. The molecule has 4 heteroatoms. The lowest BCUT2D eigenvalue weighted by Crippen LogP contribution is -2.19. The number of carbonyl (C=O) groups is 2. The van der Waals surface area contributed by atoms with Gasteiger partial charge < -0.3 is 0 Å². The molecule has 2 amide bonds. The van der Waals surface area contributed by atoms with Crippen LogP contribution in [-0.4, -0.2) is 11.8 Å². The van der Waals surface area contributed by atoms with Crippen molar-refractivity contribution in [3.63, 3.8) is 0 Å². The molecule has 0 saturated heterocycles. The van der Waals surface area contributed by atoms with Crippen LogP contribution < -0.4 is 5.32 Å². The van der Waals surface area contributed by atoms with Gasteiger partial charge in [-0.15, -0.1) is 0 Å². The van der Waals surface area contributed by atoms with Crippen LogP contribution in [-0.2, 0) is 0 Å². The number of hydrogen-bond donors (Lipinski definition) is 1. The number of hydrogen-bond acceptors (Lipinski definition) is 2. The normalized spacial score (nSPS) is 12.4. The monoisotopic (exact) mass is 265 g/mol. The lowest BCUT2D eigenvalue weighted by atomic mass is 10.1. The molecular formula is C16H8FNO2. The van der Waals surface area contributed by atoms with E-state index in [0.29, 0.717) is 22.3 Å². The Bertz CT molecular complexity index is 782. The van der Waals surface area contributed by atoms with E-state index in [9.17, 15) is 14.0 Å². The fourth-order valence-electron chi connectivity index (χ4n) is 1.92. The van der Waals surface area contributed by atoms with Crippen molar-refractivity contribution in [2.24, 2.45) is 0 Å². The summed E-state index contributed by atoms with van der Waals surface area (Å²) in [5.74, 6) is 4.64. The highest BCUT2D eigenvalue weighted by atomic mass is 19.1. The second-order valence-corrected chi connectivity index (χ2v) is 4.30. The van der Waals surface area contributed by atoms with Crippen LogP contribution in [0, 0.1) is 17.7 Å². The second kappa shape index (κ2) is 4.63. The summed E-state index contributed by atoms with van der Waals surface area (Å²) in [6.45, 7) is 0. The topological polar surface area (TPSA) is 46.2 Å². The highest BCUT2D eigenvalue weighted by Gasteiger charge is 2.26. The molecule has 0 spiro atoms. The minimum Gasteiger partial charge on any atom is -0.288 e. The Balaban J connectivity index is 1.94. The smallest absolute Gasteiger partial charge is 0.258 e. The summed E-state index contributed by atoms with van der Waals surface area (Å²) in [7, 11) is 0. The summed E-state index contributed by atoms with van der Waals surface area (Å²) in [5.41, 5.74) is 1.99. The van der Waals surface area contributed by atoms with Crippen LogP contribution >= 0.6 is 0 Å². The van der Waals surface area contributed by atoms with E-state index in [0.717, 1.165) is 0 Å². The number of nitrogens with one attached hydrogen (secondary N) is 1. The zero-order valence-electron chi connectivity index (χ0n) is 10.2. The molecule has 0 bridgehead atoms. The molecule has 0 fully saturated rings. The molecule has 0 aromatic heterocycles. The van der Waals surface area contributed by atoms with Crippen LogP contribution in [0.2, 0.25) is 0 Å². The molecule has 1 aliphatic heterocycles. The molecule has 0 radical (unpaired) electrons. The van der Waals surface area contributed by atoms with Crippen molar-refractivity contribution in [2.75, 3.05) is 0 Å². The summed E-state index contributed by atoms with van der Waals surface area (Å²) >= 11 is 0. The first-order valence-corrected chi connectivity index (χ1v) is 5.91. The fourth-order valence-corrected chi connectivity index (χ4v) is 1.92. The minimum absolute atomic E-state index is 0.316. The molecule has 2 aromatic rings. The van der Waals surface area contributed by atoms with Gasteiger partial charge in [-0.05, 0) is 42.5 Å². The highest BCUT2D eigenvalue weighted by molar-refractivity contribution is 6.21. The van der Waals surface area contributed by atoms with E-state index >= 15 is 0 Å². The number of fused-ring (bicyclic) bond motifs is 1. The molecule has 0 aliphatic carbocycles. The highest BCUT2D eigenvalue weighted by Crippen LogP contribution is 2.16. The van der Waals surface area contributed by atoms with Crippen LogP contribution in [0.5, 0.6) is 0 Å². The maximum atomic E-state index is 12.8. The number of rotatable bonds is 0. The molecule has 0 unspecified atom stereocenters. The molecule has 3 nitrogen and oxygen atoms in total. The van der Waals surface area contributed by atoms with Gasteiger partial charge >= 0.3 is 0 Å². The number of carbonyl (C=O) groups excluding carboxylic acids is 2. The van der Waals surface area contributed by atoms with E-state index in [1.807, 2.05) is 0 Å².